The molecule has 0 aliphatic carbocycles. The second kappa shape index (κ2) is 9.51. The number of nitrogens with zero attached hydrogens (tertiary/aromatic N) is 1. The molecule has 1 aromatic carbocycles. The highest BCUT2D eigenvalue weighted by molar-refractivity contribution is 7.89. The Bertz CT molecular complexity index is 710. The molecule has 1 aliphatic rings. The molecular formula is C20H32N2O3S. The van der Waals surface area contributed by atoms with Crippen LogP contribution in [0.25, 0.3) is 0 Å². The average Bonchev–Trinajstić information content (AvgIpc) is 2.62. The molecule has 1 heterocycles. The lowest BCUT2D eigenvalue weighted by molar-refractivity contribution is 0.0937. The van der Waals surface area contributed by atoms with Crippen molar-refractivity contribution in [1.82, 2.24) is 9.62 Å². The summed E-state index contributed by atoms with van der Waals surface area (Å²) in [6.45, 7) is 7.12. The maximum atomic E-state index is 12.9. The van der Waals surface area contributed by atoms with Crippen LogP contribution in [0.15, 0.2) is 23.1 Å². The van der Waals surface area contributed by atoms with Crippen LogP contribution in [0.2, 0.25) is 0 Å². The molecule has 1 saturated heterocycles. The van der Waals surface area contributed by atoms with Gasteiger partial charge in [-0.1, -0.05) is 38.7 Å². The molecule has 0 radical (unpaired) electrons. The van der Waals surface area contributed by atoms with E-state index in [2.05, 4.69) is 12.2 Å². The van der Waals surface area contributed by atoms with Crippen LogP contribution in [0.5, 0.6) is 0 Å². The first-order valence-electron chi connectivity index (χ1n) is 9.78. The number of aryl methyl sites for hydroxylation is 1. The quantitative estimate of drug-likeness (QED) is 0.696. The van der Waals surface area contributed by atoms with Crippen LogP contribution in [-0.2, 0) is 10.0 Å². The molecule has 1 aliphatic heterocycles. The first-order valence-corrected chi connectivity index (χ1v) is 11.2. The Kier molecular flexibility index (Phi) is 7.65. The molecule has 146 valence electrons. The molecule has 0 aromatic heterocycles. The van der Waals surface area contributed by atoms with Crippen LogP contribution >= 0.6 is 0 Å². The number of sulfonamides is 1. The third-order valence-electron chi connectivity index (χ3n) is 5.02. The number of unbranched alkanes of at least 4 members (excludes halogenated alkanes) is 2. The lowest BCUT2D eigenvalue weighted by Crippen LogP contribution is -2.36. The Hall–Kier alpha value is -1.40. The zero-order valence-corrected chi connectivity index (χ0v) is 17.1. The molecule has 0 saturated carbocycles. The van der Waals surface area contributed by atoms with Crippen LogP contribution < -0.4 is 5.32 Å². The van der Waals surface area contributed by atoms with Gasteiger partial charge < -0.3 is 5.32 Å². The summed E-state index contributed by atoms with van der Waals surface area (Å²) in [6.07, 6.45) is 7.19. The van der Waals surface area contributed by atoms with Crippen molar-refractivity contribution in [2.24, 2.45) is 0 Å². The standard InChI is InChI=1S/C20H32N2O3S/c1-4-5-7-10-17(3)21-20(23)19-15-18(12-11-16(19)2)26(24,25)22-13-8-6-9-14-22/h11-12,15,17H,4-10,13-14H2,1-3H3,(H,21,23). The minimum atomic E-state index is -3.53. The summed E-state index contributed by atoms with van der Waals surface area (Å²) >= 11 is 0. The Morgan fingerprint density at radius 3 is 2.54 bits per heavy atom. The highest BCUT2D eigenvalue weighted by Crippen LogP contribution is 2.23. The van der Waals surface area contributed by atoms with Crippen molar-refractivity contribution in [3.8, 4) is 0 Å². The molecule has 1 aromatic rings. The van der Waals surface area contributed by atoms with E-state index in [4.69, 9.17) is 0 Å². The number of piperidine rings is 1. The fraction of sp³-hybridized carbons (Fsp3) is 0.650. The van der Waals surface area contributed by atoms with Crippen molar-refractivity contribution in [3.05, 3.63) is 29.3 Å². The molecule has 1 fully saturated rings. The molecule has 1 unspecified atom stereocenters. The summed E-state index contributed by atoms with van der Waals surface area (Å²) in [6, 6.07) is 4.96. The van der Waals surface area contributed by atoms with Gasteiger partial charge in [0.25, 0.3) is 5.91 Å². The summed E-state index contributed by atoms with van der Waals surface area (Å²) in [4.78, 5) is 12.9. The molecule has 0 bridgehead atoms. The summed E-state index contributed by atoms with van der Waals surface area (Å²) in [5, 5.41) is 3.01. The van der Waals surface area contributed by atoms with Gasteiger partial charge in [0.05, 0.1) is 4.90 Å². The van der Waals surface area contributed by atoms with E-state index in [1.165, 1.54) is 10.4 Å². The highest BCUT2D eigenvalue weighted by Gasteiger charge is 2.27. The zero-order valence-electron chi connectivity index (χ0n) is 16.3. The first kappa shape index (κ1) is 20.9. The van der Waals surface area contributed by atoms with Crippen LogP contribution in [0.3, 0.4) is 0 Å². The second-order valence-corrected chi connectivity index (χ2v) is 9.25. The molecular weight excluding hydrogens is 348 g/mol. The van der Waals surface area contributed by atoms with Crippen LogP contribution in [0, 0.1) is 6.92 Å². The van der Waals surface area contributed by atoms with Crippen molar-refractivity contribution in [2.45, 2.75) is 76.7 Å². The summed E-state index contributed by atoms with van der Waals surface area (Å²) in [5.74, 6) is -0.192. The molecule has 26 heavy (non-hydrogen) atoms. The van der Waals surface area contributed by atoms with E-state index < -0.39 is 10.0 Å². The second-order valence-electron chi connectivity index (χ2n) is 7.31. The Labute approximate surface area is 158 Å². The van der Waals surface area contributed by atoms with E-state index in [0.717, 1.165) is 50.5 Å². The minimum absolute atomic E-state index is 0.0795. The maximum Gasteiger partial charge on any atom is 0.251 e. The number of nitrogens with one attached hydrogen (secondary N) is 1. The maximum absolute atomic E-state index is 12.9. The van der Waals surface area contributed by atoms with Gasteiger partial charge in [-0.2, -0.15) is 4.31 Å². The van der Waals surface area contributed by atoms with E-state index in [9.17, 15) is 13.2 Å². The number of carbonyl (C=O) groups excluding carboxylic acids is 1. The van der Waals surface area contributed by atoms with Gasteiger partial charge in [-0.25, -0.2) is 8.42 Å². The summed E-state index contributed by atoms with van der Waals surface area (Å²) in [5.41, 5.74) is 1.24. The number of benzene rings is 1. The van der Waals surface area contributed by atoms with Crippen LogP contribution in [0.4, 0.5) is 0 Å². The summed E-state index contributed by atoms with van der Waals surface area (Å²) in [7, 11) is -3.53. The smallest absolute Gasteiger partial charge is 0.251 e. The number of amides is 1. The topological polar surface area (TPSA) is 66.5 Å². The molecule has 6 heteroatoms. The number of rotatable bonds is 8. The van der Waals surface area contributed by atoms with Crippen LogP contribution in [-0.4, -0.2) is 37.8 Å². The number of hydrogen-bond donors (Lipinski definition) is 1. The van der Waals surface area contributed by atoms with Gasteiger partial charge in [0.1, 0.15) is 0 Å². The zero-order chi connectivity index (χ0) is 19.2. The van der Waals surface area contributed by atoms with Gasteiger partial charge in [-0.15, -0.1) is 0 Å². The van der Waals surface area contributed by atoms with Crippen molar-refractivity contribution in [3.63, 3.8) is 0 Å². The van der Waals surface area contributed by atoms with Gasteiger partial charge in [0.15, 0.2) is 0 Å². The third kappa shape index (κ3) is 5.30. The predicted octanol–water partition coefficient (Wildman–Crippen LogP) is 3.87. The monoisotopic (exact) mass is 380 g/mol. The Balaban J connectivity index is 2.14. The van der Waals surface area contributed by atoms with Crippen molar-refractivity contribution >= 4 is 15.9 Å². The van der Waals surface area contributed by atoms with E-state index in [1.807, 2.05) is 13.8 Å². The van der Waals surface area contributed by atoms with Gasteiger partial charge in [-0.3, -0.25) is 4.79 Å². The Morgan fingerprint density at radius 2 is 1.88 bits per heavy atom. The number of hydrogen-bond acceptors (Lipinski definition) is 3. The van der Waals surface area contributed by atoms with Gasteiger partial charge >= 0.3 is 0 Å². The lowest BCUT2D eigenvalue weighted by Gasteiger charge is -2.26. The average molecular weight is 381 g/mol. The SMILES string of the molecule is CCCCCC(C)NC(=O)c1cc(S(=O)(=O)N2CCCCC2)ccc1C. The van der Waals surface area contributed by atoms with E-state index in [1.54, 1.807) is 12.1 Å². The predicted molar refractivity (Wildman–Crippen MR) is 105 cm³/mol. The fourth-order valence-electron chi connectivity index (χ4n) is 3.33. The largest absolute Gasteiger partial charge is 0.350 e. The molecule has 1 N–H and O–H groups in total. The lowest BCUT2D eigenvalue weighted by atomic mass is 10.1. The van der Waals surface area contributed by atoms with Crippen molar-refractivity contribution in [1.29, 1.82) is 0 Å². The molecule has 0 spiro atoms. The van der Waals surface area contributed by atoms with Gasteiger partial charge in [-0.05, 0) is 50.8 Å². The fourth-order valence-corrected chi connectivity index (χ4v) is 4.88. The van der Waals surface area contributed by atoms with E-state index in [0.29, 0.717) is 18.7 Å². The highest BCUT2D eigenvalue weighted by atomic mass is 32.2. The van der Waals surface area contributed by atoms with E-state index in [-0.39, 0.29) is 16.8 Å². The van der Waals surface area contributed by atoms with E-state index >= 15 is 0 Å². The number of carbonyl (C=O) groups is 1. The van der Waals surface area contributed by atoms with Crippen molar-refractivity contribution < 1.29 is 13.2 Å². The van der Waals surface area contributed by atoms with Crippen LogP contribution in [0.1, 0.15) is 74.7 Å². The van der Waals surface area contributed by atoms with Gasteiger partial charge in [0, 0.05) is 24.7 Å². The Morgan fingerprint density at radius 1 is 1.19 bits per heavy atom. The normalized spacial score (nSPS) is 17.0. The van der Waals surface area contributed by atoms with Gasteiger partial charge in [0.2, 0.25) is 10.0 Å². The minimum Gasteiger partial charge on any atom is -0.350 e. The van der Waals surface area contributed by atoms with Crippen molar-refractivity contribution in [2.75, 3.05) is 13.1 Å². The third-order valence-corrected chi connectivity index (χ3v) is 6.92. The summed E-state index contributed by atoms with van der Waals surface area (Å²) < 4.78 is 27.3. The first-order chi connectivity index (χ1) is 12.4. The molecule has 1 atom stereocenters. The molecule has 2 rings (SSSR count). The molecule has 5 nitrogen and oxygen atoms in total. The molecule has 1 amide bonds.